The molecule has 0 atom stereocenters. The molecule has 0 amide bonds. The number of nitrogens with zero attached hydrogens (tertiary/aromatic N) is 4. The fourth-order valence-corrected chi connectivity index (χ4v) is 1.47. The minimum absolute atomic E-state index is 0.789. The maximum absolute atomic E-state index is 4.23. The lowest BCUT2D eigenvalue weighted by Gasteiger charge is -2.03. The van der Waals surface area contributed by atoms with Crippen molar-refractivity contribution < 1.29 is 0 Å². The van der Waals surface area contributed by atoms with E-state index < -0.39 is 0 Å². The van der Waals surface area contributed by atoms with Gasteiger partial charge in [0.15, 0.2) is 5.82 Å². The first kappa shape index (κ1) is 10.6. The van der Waals surface area contributed by atoms with Gasteiger partial charge < -0.3 is 5.32 Å². The third kappa shape index (κ3) is 2.56. The summed E-state index contributed by atoms with van der Waals surface area (Å²) in [6.07, 6.45) is 5.52. The molecule has 0 fully saturated rings. The van der Waals surface area contributed by atoms with Crippen molar-refractivity contribution in [1.29, 1.82) is 0 Å². The van der Waals surface area contributed by atoms with E-state index in [9.17, 15) is 0 Å². The molecule has 0 unspecified atom stereocenters. The highest BCUT2D eigenvalue weighted by Crippen LogP contribution is 2.12. The summed E-state index contributed by atoms with van der Waals surface area (Å²) in [5, 5.41) is 7.37. The van der Waals surface area contributed by atoms with Crippen molar-refractivity contribution in [2.24, 2.45) is 7.05 Å². The highest BCUT2D eigenvalue weighted by molar-refractivity contribution is 5.50. The van der Waals surface area contributed by atoms with E-state index in [0.29, 0.717) is 0 Å². The predicted molar refractivity (Wildman–Crippen MR) is 62.5 cm³/mol. The molecule has 2 aromatic heterocycles. The predicted octanol–water partition coefficient (Wildman–Crippen LogP) is 1.91. The molecule has 0 bridgehead atoms. The second-order valence-corrected chi connectivity index (χ2v) is 3.64. The average Bonchev–Trinajstić information content (AvgIpc) is 2.65. The summed E-state index contributed by atoms with van der Waals surface area (Å²) in [5.41, 5.74) is 1.05. The van der Waals surface area contributed by atoms with E-state index in [1.54, 1.807) is 11.0 Å². The van der Waals surface area contributed by atoms with E-state index in [4.69, 9.17) is 0 Å². The monoisotopic (exact) mass is 217 g/mol. The zero-order chi connectivity index (χ0) is 11.4. The zero-order valence-corrected chi connectivity index (χ0v) is 9.51. The Morgan fingerprint density at radius 1 is 1.31 bits per heavy atom. The Morgan fingerprint density at radius 3 is 2.88 bits per heavy atom. The van der Waals surface area contributed by atoms with Crippen LogP contribution in [0.15, 0.2) is 24.7 Å². The third-order valence-electron chi connectivity index (χ3n) is 2.20. The summed E-state index contributed by atoms with van der Waals surface area (Å²) in [6, 6.07) is 3.86. The molecule has 0 saturated heterocycles. The Bertz CT molecular complexity index is 463. The van der Waals surface area contributed by atoms with Crippen molar-refractivity contribution in [3.8, 4) is 0 Å². The van der Waals surface area contributed by atoms with Gasteiger partial charge >= 0.3 is 0 Å². The SMILES string of the molecule is CCCc1cc(Nc2ccn(C)n2)ncn1. The molecule has 2 heterocycles. The first-order valence-corrected chi connectivity index (χ1v) is 5.35. The molecule has 1 N–H and O–H groups in total. The van der Waals surface area contributed by atoms with Crippen LogP contribution >= 0.6 is 0 Å². The Hall–Kier alpha value is -1.91. The van der Waals surface area contributed by atoms with Crippen LogP contribution in [0.1, 0.15) is 19.0 Å². The molecule has 0 aliphatic heterocycles. The molecule has 0 aliphatic carbocycles. The van der Waals surface area contributed by atoms with Gasteiger partial charge in [-0.2, -0.15) is 5.10 Å². The first-order chi connectivity index (χ1) is 7.78. The summed E-state index contributed by atoms with van der Waals surface area (Å²) < 4.78 is 1.75. The number of hydrogen-bond acceptors (Lipinski definition) is 4. The van der Waals surface area contributed by atoms with Crippen LogP contribution in [-0.2, 0) is 13.5 Å². The van der Waals surface area contributed by atoms with Crippen LogP contribution in [0.25, 0.3) is 0 Å². The first-order valence-electron chi connectivity index (χ1n) is 5.35. The summed E-state index contributed by atoms with van der Waals surface area (Å²) in [6.45, 7) is 2.13. The van der Waals surface area contributed by atoms with Gasteiger partial charge in [0, 0.05) is 31.1 Å². The van der Waals surface area contributed by atoms with Crippen molar-refractivity contribution in [3.63, 3.8) is 0 Å². The minimum atomic E-state index is 0.789. The van der Waals surface area contributed by atoms with E-state index in [1.807, 2.05) is 25.4 Å². The Labute approximate surface area is 94.5 Å². The quantitative estimate of drug-likeness (QED) is 0.849. The third-order valence-corrected chi connectivity index (χ3v) is 2.20. The lowest BCUT2D eigenvalue weighted by molar-refractivity contribution is 0.771. The molecule has 2 rings (SSSR count). The van der Waals surface area contributed by atoms with E-state index in [2.05, 4.69) is 27.3 Å². The van der Waals surface area contributed by atoms with Crippen LogP contribution in [0.2, 0.25) is 0 Å². The topological polar surface area (TPSA) is 55.6 Å². The van der Waals surface area contributed by atoms with E-state index in [-0.39, 0.29) is 0 Å². The second kappa shape index (κ2) is 4.74. The Balaban J connectivity index is 2.12. The van der Waals surface area contributed by atoms with Gasteiger partial charge in [0.25, 0.3) is 0 Å². The van der Waals surface area contributed by atoms with Gasteiger partial charge in [-0.25, -0.2) is 9.97 Å². The van der Waals surface area contributed by atoms with E-state index >= 15 is 0 Å². The number of rotatable bonds is 4. The van der Waals surface area contributed by atoms with Crippen molar-refractivity contribution in [2.75, 3.05) is 5.32 Å². The largest absolute Gasteiger partial charge is 0.323 e. The number of hydrogen-bond donors (Lipinski definition) is 1. The molecular weight excluding hydrogens is 202 g/mol. The fraction of sp³-hybridized carbons (Fsp3) is 0.364. The molecule has 0 spiro atoms. The molecule has 5 heteroatoms. The average molecular weight is 217 g/mol. The summed E-state index contributed by atoms with van der Waals surface area (Å²) >= 11 is 0. The van der Waals surface area contributed by atoms with Gasteiger partial charge in [0.1, 0.15) is 12.1 Å². The number of aromatic nitrogens is 4. The van der Waals surface area contributed by atoms with Crippen LogP contribution in [0.4, 0.5) is 11.6 Å². The van der Waals surface area contributed by atoms with Crippen molar-refractivity contribution in [3.05, 3.63) is 30.4 Å². The highest BCUT2D eigenvalue weighted by atomic mass is 15.3. The lowest BCUT2D eigenvalue weighted by Crippen LogP contribution is -1.98. The molecule has 16 heavy (non-hydrogen) atoms. The summed E-state index contributed by atoms with van der Waals surface area (Å²) in [7, 11) is 1.88. The molecule has 5 nitrogen and oxygen atoms in total. The van der Waals surface area contributed by atoms with Crippen molar-refractivity contribution >= 4 is 11.6 Å². The zero-order valence-electron chi connectivity index (χ0n) is 9.51. The molecule has 0 saturated carbocycles. The normalized spacial score (nSPS) is 10.4. The van der Waals surface area contributed by atoms with Crippen LogP contribution in [0.5, 0.6) is 0 Å². The molecule has 84 valence electrons. The van der Waals surface area contributed by atoms with Gasteiger partial charge in [0.2, 0.25) is 0 Å². The maximum Gasteiger partial charge on any atom is 0.153 e. The summed E-state index contributed by atoms with van der Waals surface area (Å²) in [4.78, 5) is 8.35. The van der Waals surface area contributed by atoms with Crippen molar-refractivity contribution in [2.45, 2.75) is 19.8 Å². The van der Waals surface area contributed by atoms with Crippen LogP contribution < -0.4 is 5.32 Å². The minimum Gasteiger partial charge on any atom is -0.323 e. The second-order valence-electron chi connectivity index (χ2n) is 3.64. The smallest absolute Gasteiger partial charge is 0.153 e. The molecule has 0 aromatic carbocycles. The Morgan fingerprint density at radius 2 is 2.19 bits per heavy atom. The number of aryl methyl sites for hydroxylation is 2. The number of anilines is 2. The van der Waals surface area contributed by atoms with Gasteiger partial charge in [0.05, 0.1) is 0 Å². The van der Waals surface area contributed by atoms with Crippen LogP contribution in [0.3, 0.4) is 0 Å². The van der Waals surface area contributed by atoms with E-state index in [1.165, 1.54) is 0 Å². The lowest BCUT2D eigenvalue weighted by atomic mass is 10.2. The molecule has 0 aliphatic rings. The van der Waals surface area contributed by atoms with E-state index in [0.717, 1.165) is 30.2 Å². The standard InChI is InChI=1S/C11H15N5/c1-3-4-9-7-11(13-8-12-9)14-10-5-6-16(2)15-10/h5-8H,3-4H2,1-2H3,(H,12,13,14,15). The van der Waals surface area contributed by atoms with Crippen LogP contribution in [-0.4, -0.2) is 19.7 Å². The Kier molecular flexibility index (Phi) is 3.14. The molecule has 2 aromatic rings. The summed E-state index contributed by atoms with van der Waals surface area (Å²) in [5.74, 6) is 1.58. The van der Waals surface area contributed by atoms with Crippen LogP contribution in [0, 0.1) is 0 Å². The molecular formula is C11H15N5. The maximum atomic E-state index is 4.23. The number of nitrogens with one attached hydrogen (secondary N) is 1. The van der Waals surface area contributed by atoms with Gasteiger partial charge in [-0.3, -0.25) is 4.68 Å². The highest BCUT2D eigenvalue weighted by Gasteiger charge is 2.00. The van der Waals surface area contributed by atoms with Crippen molar-refractivity contribution in [1.82, 2.24) is 19.7 Å². The fourth-order valence-electron chi connectivity index (χ4n) is 1.47. The van der Waals surface area contributed by atoms with Gasteiger partial charge in [-0.05, 0) is 6.42 Å². The van der Waals surface area contributed by atoms with Gasteiger partial charge in [-0.1, -0.05) is 13.3 Å². The van der Waals surface area contributed by atoms with Gasteiger partial charge in [-0.15, -0.1) is 0 Å². The molecule has 0 radical (unpaired) electrons.